The van der Waals surface area contributed by atoms with Gasteiger partial charge in [0.15, 0.2) is 12.6 Å². The number of esters is 1. The highest BCUT2D eigenvalue weighted by Crippen LogP contribution is 2.16. The summed E-state index contributed by atoms with van der Waals surface area (Å²) in [6.45, 7) is 2.38. The maximum atomic E-state index is 14.0. The van der Waals surface area contributed by atoms with Gasteiger partial charge in [-0.3, -0.25) is 4.79 Å². The Bertz CT molecular complexity index is 838. The molecule has 6 heteroatoms. The van der Waals surface area contributed by atoms with Crippen molar-refractivity contribution < 1.29 is 23.6 Å². The number of hydrogen-bond donors (Lipinski definition) is 2. The molecule has 1 aliphatic rings. The number of carbonyl (C=O) groups excluding carboxylic acids is 2. The number of aryl methyl sites for hydroxylation is 1. The maximum Gasteiger partial charge on any atom is 0.365 e. The molecule has 1 amide bonds. The molecule has 0 saturated heterocycles. The standard InChI is InChI=1S/C20H21FN2O3/c1-13-7-8-17(16(21)9-13)22-19(24)12-23-11-15-6-4-3-5-14(15)10-18(23)20(25)26-2/h3-9,18H,10-12H2,1-2H3,(H,22,24)/p+1/t18-/m0/s1. The van der Waals surface area contributed by atoms with E-state index in [2.05, 4.69) is 5.32 Å². The molecule has 136 valence electrons. The van der Waals surface area contributed by atoms with Crippen LogP contribution in [0.2, 0.25) is 0 Å². The van der Waals surface area contributed by atoms with Crippen LogP contribution in [0.5, 0.6) is 0 Å². The average Bonchev–Trinajstić information content (AvgIpc) is 2.63. The Labute approximate surface area is 151 Å². The first-order valence-corrected chi connectivity index (χ1v) is 8.53. The second kappa shape index (κ2) is 7.66. The third-order valence-corrected chi connectivity index (χ3v) is 4.72. The van der Waals surface area contributed by atoms with E-state index in [4.69, 9.17) is 4.74 Å². The minimum absolute atomic E-state index is 0.0570. The van der Waals surface area contributed by atoms with Crippen molar-refractivity contribution in [2.75, 3.05) is 19.0 Å². The molecule has 2 aromatic rings. The summed E-state index contributed by atoms with van der Waals surface area (Å²) in [5, 5.41) is 2.60. The maximum absolute atomic E-state index is 14.0. The molecule has 1 unspecified atom stereocenters. The topological polar surface area (TPSA) is 59.8 Å². The van der Waals surface area contributed by atoms with Crippen LogP contribution < -0.4 is 10.2 Å². The van der Waals surface area contributed by atoms with Gasteiger partial charge in [-0.1, -0.05) is 30.3 Å². The Hall–Kier alpha value is -2.73. The molecule has 3 rings (SSSR count). The summed E-state index contributed by atoms with van der Waals surface area (Å²) >= 11 is 0. The van der Waals surface area contributed by atoms with E-state index in [0.717, 1.165) is 21.6 Å². The zero-order valence-corrected chi connectivity index (χ0v) is 14.8. The molecular formula is C20H22FN2O3+. The van der Waals surface area contributed by atoms with Crippen molar-refractivity contribution in [1.82, 2.24) is 0 Å². The molecule has 5 nitrogen and oxygen atoms in total. The van der Waals surface area contributed by atoms with Crippen LogP contribution in [0.4, 0.5) is 10.1 Å². The van der Waals surface area contributed by atoms with E-state index < -0.39 is 11.9 Å². The van der Waals surface area contributed by atoms with Crippen LogP contribution in [-0.4, -0.2) is 31.6 Å². The van der Waals surface area contributed by atoms with Crippen molar-refractivity contribution >= 4 is 17.6 Å². The Kier molecular flexibility index (Phi) is 5.32. The van der Waals surface area contributed by atoms with E-state index in [0.29, 0.717) is 13.0 Å². The summed E-state index contributed by atoms with van der Waals surface area (Å²) in [5.41, 5.74) is 3.13. The molecular weight excluding hydrogens is 335 g/mol. The number of amides is 1. The van der Waals surface area contributed by atoms with Gasteiger partial charge in [-0.2, -0.15) is 0 Å². The first-order chi connectivity index (χ1) is 12.5. The number of quaternary nitrogens is 1. The summed E-state index contributed by atoms with van der Waals surface area (Å²) in [6, 6.07) is 12.1. The van der Waals surface area contributed by atoms with Crippen LogP contribution in [0.15, 0.2) is 42.5 Å². The minimum atomic E-state index is -0.471. The van der Waals surface area contributed by atoms with Gasteiger partial charge in [-0.05, 0) is 30.2 Å². The van der Waals surface area contributed by atoms with Gasteiger partial charge < -0.3 is 15.0 Å². The third kappa shape index (κ3) is 3.91. The van der Waals surface area contributed by atoms with E-state index in [9.17, 15) is 14.0 Å². The first-order valence-electron chi connectivity index (χ1n) is 8.53. The average molecular weight is 357 g/mol. The lowest BCUT2D eigenvalue weighted by atomic mass is 9.94. The number of benzene rings is 2. The highest BCUT2D eigenvalue weighted by molar-refractivity contribution is 5.91. The minimum Gasteiger partial charge on any atom is -0.465 e. The quantitative estimate of drug-likeness (QED) is 0.810. The molecule has 0 radical (unpaired) electrons. The van der Waals surface area contributed by atoms with Crippen molar-refractivity contribution in [3.8, 4) is 0 Å². The van der Waals surface area contributed by atoms with Crippen molar-refractivity contribution in [3.05, 3.63) is 65.0 Å². The molecule has 0 aromatic heterocycles. The summed E-state index contributed by atoms with van der Waals surface area (Å²) in [6.07, 6.45) is 0.518. The zero-order chi connectivity index (χ0) is 18.7. The number of methoxy groups -OCH3 is 1. The normalized spacial score (nSPS) is 18.7. The Morgan fingerprint density at radius 3 is 2.65 bits per heavy atom. The van der Waals surface area contributed by atoms with Crippen molar-refractivity contribution in [3.63, 3.8) is 0 Å². The number of anilines is 1. The molecule has 2 atom stereocenters. The number of carbonyl (C=O) groups is 2. The smallest absolute Gasteiger partial charge is 0.365 e. The van der Waals surface area contributed by atoms with Gasteiger partial charge in [-0.25, -0.2) is 9.18 Å². The lowest BCUT2D eigenvalue weighted by molar-refractivity contribution is -0.924. The van der Waals surface area contributed by atoms with Crippen LogP contribution in [-0.2, 0) is 27.3 Å². The summed E-state index contributed by atoms with van der Waals surface area (Å²) in [5.74, 6) is -1.15. The molecule has 0 aliphatic carbocycles. The van der Waals surface area contributed by atoms with E-state index in [-0.39, 0.29) is 24.1 Å². The lowest BCUT2D eigenvalue weighted by Gasteiger charge is -2.31. The number of ether oxygens (including phenoxy) is 1. The van der Waals surface area contributed by atoms with Gasteiger partial charge in [-0.15, -0.1) is 0 Å². The molecule has 1 aliphatic heterocycles. The molecule has 0 bridgehead atoms. The number of nitrogens with one attached hydrogen (secondary N) is 2. The fraction of sp³-hybridized carbons (Fsp3) is 0.300. The third-order valence-electron chi connectivity index (χ3n) is 4.72. The fourth-order valence-electron chi connectivity index (χ4n) is 3.36. The van der Waals surface area contributed by atoms with Crippen molar-refractivity contribution in [2.24, 2.45) is 0 Å². The molecule has 26 heavy (non-hydrogen) atoms. The number of rotatable bonds is 4. The molecule has 2 N–H and O–H groups in total. The number of fused-ring (bicyclic) bond motifs is 1. The zero-order valence-electron chi connectivity index (χ0n) is 14.8. The molecule has 0 spiro atoms. The van der Waals surface area contributed by atoms with Crippen LogP contribution >= 0.6 is 0 Å². The van der Waals surface area contributed by atoms with Crippen LogP contribution in [0, 0.1) is 12.7 Å². The largest absolute Gasteiger partial charge is 0.465 e. The van der Waals surface area contributed by atoms with E-state index in [1.807, 2.05) is 24.3 Å². The SMILES string of the molecule is COC(=O)[C@@H]1Cc2ccccc2C[NH+]1CC(=O)Nc1ccc(C)cc1F. The second-order valence-electron chi connectivity index (χ2n) is 6.59. The Morgan fingerprint density at radius 1 is 1.23 bits per heavy atom. The van der Waals surface area contributed by atoms with E-state index in [1.165, 1.54) is 13.2 Å². The van der Waals surface area contributed by atoms with E-state index in [1.54, 1.807) is 19.1 Å². The molecule has 1 heterocycles. The summed E-state index contributed by atoms with van der Waals surface area (Å²) < 4.78 is 18.9. The monoisotopic (exact) mass is 357 g/mol. The van der Waals surface area contributed by atoms with E-state index >= 15 is 0 Å². The fourth-order valence-corrected chi connectivity index (χ4v) is 3.36. The van der Waals surface area contributed by atoms with Gasteiger partial charge in [0, 0.05) is 12.0 Å². The Balaban J connectivity index is 1.75. The Morgan fingerprint density at radius 2 is 1.96 bits per heavy atom. The second-order valence-corrected chi connectivity index (χ2v) is 6.59. The van der Waals surface area contributed by atoms with Gasteiger partial charge >= 0.3 is 5.97 Å². The highest BCUT2D eigenvalue weighted by Gasteiger charge is 2.37. The van der Waals surface area contributed by atoms with Gasteiger partial charge in [0.25, 0.3) is 5.91 Å². The predicted molar refractivity (Wildman–Crippen MR) is 95.3 cm³/mol. The number of halogens is 1. The lowest BCUT2D eigenvalue weighted by Crippen LogP contribution is -3.17. The van der Waals surface area contributed by atoms with Gasteiger partial charge in [0.05, 0.1) is 12.8 Å². The molecule has 2 aromatic carbocycles. The van der Waals surface area contributed by atoms with Crippen molar-refractivity contribution in [2.45, 2.75) is 25.9 Å². The van der Waals surface area contributed by atoms with Crippen LogP contribution in [0.25, 0.3) is 0 Å². The highest BCUT2D eigenvalue weighted by atomic mass is 19.1. The van der Waals surface area contributed by atoms with Crippen LogP contribution in [0.1, 0.15) is 16.7 Å². The van der Waals surface area contributed by atoms with Crippen LogP contribution in [0.3, 0.4) is 0 Å². The van der Waals surface area contributed by atoms with Gasteiger partial charge in [0.1, 0.15) is 12.4 Å². The molecule has 0 fully saturated rings. The molecule has 0 saturated carbocycles. The number of hydrogen-bond acceptors (Lipinski definition) is 3. The van der Waals surface area contributed by atoms with Crippen molar-refractivity contribution in [1.29, 1.82) is 0 Å². The summed E-state index contributed by atoms with van der Waals surface area (Å²) in [7, 11) is 1.35. The van der Waals surface area contributed by atoms with Gasteiger partial charge in [0.2, 0.25) is 0 Å². The predicted octanol–water partition coefficient (Wildman–Crippen LogP) is 1.26. The summed E-state index contributed by atoms with van der Waals surface area (Å²) in [4.78, 5) is 25.4. The first kappa shape index (κ1) is 18.1.